The lowest BCUT2D eigenvalue weighted by atomic mass is 9.89. The van der Waals surface area contributed by atoms with Crippen molar-refractivity contribution in [1.82, 2.24) is 9.80 Å². The molecule has 1 aromatic carbocycles. The van der Waals surface area contributed by atoms with E-state index in [0.29, 0.717) is 5.54 Å². The van der Waals surface area contributed by atoms with Gasteiger partial charge in [0.15, 0.2) is 0 Å². The number of fused-ring (bicyclic) bond motifs is 2. The van der Waals surface area contributed by atoms with Gasteiger partial charge in [-0.1, -0.05) is 30.3 Å². The van der Waals surface area contributed by atoms with E-state index < -0.39 is 0 Å². The molecule has 2 aliphatic rings. The highest BCUT2D eigenvalue weighted by Gasteiger charge is 2.46. The molecule has 2 fully saturated rings. The molecule has 1 aliphatic heterocycles. The van der Waals surface area contributed by atoms with E-state index in [9.17, 15) is 0 Å². The maximum Gasteiger partial charge on any atom is 0.0333 e. The molecule has 0 radical (unpaired) electrons. The average molecular weight is 244 g/mol. The number of hydrogen-bond donors (Lipinski definition) is 0. The minimum atomic E-state index is 0.456. The van der Waals surface area contributed by atoms with Gasteiger partial charge in [-0.3, -0.25) is 4.90 Å². The minimum Gasteiger partial charge on any atom is -0.302 e. The fourth-order valence-electron chi connectivity index (χ4n) is 3.87. The molecule has 2 unspecified atom stereocenters. The summed E-state index contributed by atoms with van der Waals surface area (Å²) < 4.78 is 0. The summed E-state index contributed by atoms with van der Waals surface area (Å²) in [4.78, 5) is 5.14. The summed E-state index contributed by atoms with van der Waals surface area (Å²) in [5, 5.41) is 0. The zero-order chi connectivity index (χ0) is 12.6. The van der Waals surface area contributed by atoms with Crippen molar-refractivity contribution in [3.05, 3.63) is 35.9 Å². The summed E-state index contributed by atoms with van der Waals surface area (Å²) in [6, 6.07) is 10.9. The van der Waals surface area contributed by atoms with Gasteiger partial charge in [0.2, 0.25) is 0 Å². The number of rotatable bonds is 3. The smallest absolute Gasteiger partial charge is 0.0333 e. The van der Waals surface area contributed by atoms with E-state index in [1.165, 1.54) is 37.9 Å². The molecule has 0 aromatic heterocycles. The van der Waals surface area contributed by atoms with Gasteiger partial charge in [0.05, 0.1) is 0 Å². The molecule has 0 spiro atoms. The maximum atomic E-state index is 2.66. The molecule has 0 amide bonds. The number of nitrogens with zero attached hydrogens (tertiary/aromatic N) is 2. The summed E-state index contributed by atoms with van der Waals surface area (Å²) in [5.74, 6) is 0.921. The monoisotopic (exact) mass is 244 g/mol. The van der Waals surface area contributed by atoms with Gasteiger partial charge in [-0.05, 0) is 44.8 Å². The van der Waals surface area contributed by atoms with E-state index in [0.717, 1.165) is 12.5 Å². The van der Waals surface area contributed by atoms with Crippen LogP contribution in [0.3, 0.4) is 0 Å². The third-order valence-electron chi connectivity index (χ3n) is 4.92. The van der Waals surface area contributed by atoms with E-state index in [-0.39, 0.29) is 0 Å². The van der Waals surface area contributed by atoms with Gasteiger partial charge in [-0.25, -0.2) is 0 Å². The lowest BCUT2D eigenvalue weighted by molar-refractivity contribution is 0.0505. The van der Waals surface area contributed by atoms with Crippen molar-refractivity contribution in [2.75, 3.05) is 27.2 Å². The van der Waals surface area contributed by atoms with Gasteiger partial charge in [-0.2, -0.15) is 0 Å². The zero-order valence-corrected chi connectivity index (χ0v) is 11.6. The highest BCUT2D eigenvalue weighted by Crippen LogP contribution is 2.42. The summed E-state index contributed by atoms with van der Waals surface area (Å²) >= 11 is 0. The Hall–Kier alpha value is -0.860. The van der Waals surface area contributed by atoms with Crippen LogP contribution in [0.5, 0.6) is 0 Å². The van der Waals surface area contributed by atoms with Gasteiger partial charge >= 0.3 is 0 Å². The Morgan fingerprint density at radius 1 is 1.28 bits per heavy atom. The molecule has 1 aromatic rings. The van der Waals surface area contributed by atoms with Crippen LogP contribution in [-0.4, -0.2) is 42.5 Å². The Labute approximate surface area is 111 Å². The van der Waals surface area contributed by atoms with Crippen molar-refractivity contribution in [3.8, 4) is 0 Å². The molecule has 1 saturated heterocycles. The summed E-state index contributed by atoms with van der Waals surface area (Å²) in [6.07, 6.45) is 4.21. The Morgan fingerprint density at radius 2 is 2.06 bits per heavy atom. The molecule has 2 atom stereocenters. The SMILES string of the molecule is CN(C)C12CCC(CN(Cc3ccccc3)C1)C2. The van der Waals surface area contributed by atoms with Gasteiger partial charge in [0, 0.05) is 25.2 Å². The number of hydrogen-bond acceptors (Lipinski definition) is 2. The van der Waals surface area contributed by atoms with Gasteiger partial charge in [0.1, 0.15) is 0 Å². The van der Waals surface area contributed by atoms with Crippen molar-refractivity contribution >= 4 is 0 Å². The zero-order valence-electron chi connectivity index (χ0n) is 11.6. The molecule has 2 nitrogen and oxygen atoms in total. The van der Waals surface area contributed by atoms with E-state index in [1.54, 1.807) is 0 Å². The molecular weight excluding hydrogens is 220 g/mol. The molecule has 0 N–H and O–H groups in total. The Kier molecular flexibility index (Phi) is 3.16. The second kappa shape index (κ2) is 4.67. The van der Waals surface area contributed by atoms with E-state index in [1.807, 2.05) is 0 Å². The van der Waals surface area contributed by atoms with Crippen molar-refractivity contribution in [2.45, 2.75) is 31.3 Å². The second-order valence-corrected chi connectivity index (χ2v) is 6.38. The molecule has 1 heterocycles. The number of likely N-dealkylation sites (N-methyl/N-ethyl adjacent to an activating group) is 1. The summed E-state index contributed by atoms with van der Waals surface area (Å²) in [7, 11) is 4.52. The topological polar surface area (TPSA) is 6.48 Å². The van der Waals surface area contributed by atoms with Crippen LogP contribution in [0.2, 0.25) is 0 Å². The predicted molar refractivity (Wildman–Crippen MR) is 75.5 cm³/mol. The fourth-order valence-corrected chi connectivity index (χ4v) is 3.87. The van der Waals surface area contributed by atoms with Crippen molar-refractivity contribution in [1.29, 1.82) is 0 Å². The van der Waals surface area contributed by atoms with Crippen LogP contribution in [0, 0.1) is 5.92 Å². The number of likely N-dealkylation sites (tertiary alicyclic amines) is 1. The third-order valence-corrected chi connectivity index (χ3v) is 4.92. The normalized spacial score (nSPS) is 32.1. The Balaban J connectivity index is 1.72. The van der Waals surface area contributed by atoms with E-state index >= 15 is 0 Å². The summed E-state index contributed by atoms with van der Waals surface area (Å²) in [6.45, 7) is 3.66. The number of benzene rings is 1. The molecule has 98 valence electrons. The van der Waals surface area contributed by atoms with Gasteiger partial charge in [0.25, 0.3) is 0 Å². The van der Waals surface area contributed by atoms with Gasteiger partial charge < -0.3 is 4.90 Å². The summed E-state index contributed by atoms with van der Waals surface area (Å²) in [5.41, 5.74) is 1.91. The van der Waals surface area contributed by atoms with Crippen LogP contribution in [0.25, 0.3) is 0 Å². The first-order valence-corrected chi connectivity index (χ1v) is 7.12. The van der Waals surface area contributed by atoms with Crippen molar-refractivity contribution in [3.63, 3.8) is 0 Å². The van der Waals surface area contributed by atoms with E-state index in [2.05, 4.69) is 54.2 Å². The largest absolute Gasteiger partial charge is 0.302 e. The van der Waals surface area contributed by atoms with Crippen LogP contribution in [0.15, 0.2) is 30.3 Å². The number of piperidine rings is 1. The highest BCUT2D eigenvalue weighted by atomic mass is 15.3. The van der Waals surface area contributed by atoms with Crippen LogP contribution in [0.4, 0.5) is 0 Å². The van der Waals surface area contributed by atoms with Crippen LogP contribution in [0.1, 0.15) is 24.8 Å². The fraction of sp³-hybridized carbons (Fsp3) is 0.625. The lowest BCUT2D eigenvalue weighted by Gasteiger charge is -2.44. The van der Waals surface area contributed by atoms with E-state index in [4.69, 9.17) is 0 Å². The molecule has 2 heteroatoms. The maximum absolute atomic E-state index is 2.66. The average Bonchev–Trinajstić information content (AvgIpc) is 2.68. The van der Waals surface area contributed by atoms with Crippen molar-refractivity contribution < 1.29 is 0 Å². The van der Waals surface area contributed by atoms with Crippen LogP contribution < -0.4 is 0 Å². The molecular formula is C16H24N2. The van der Waals surface area contributed by atoms with Crippen LogP contribution >= 0.6 is 0 Å². The molecule has 1 aliphatic carbocycles. The van der Waals surface area contributed by atoms with Crippen LogP contribution in [-0.2, 0) is 6.54 Å². The predicted octanol–water partition coefficient (Wildman–Crippen LogP) is 2.60. The quantitative estimate of drug-likeness (QED) is 0.806. The first kappa shape index (κ1) is 12.2. The standard InChI is InChI=1S/C16H24N2/c1-17(2)16-9-8-15(10-16)12-18(13-16)11-14-6-4-3-5-7-14/h3-7,15H,8-13H2,1-2H3. The Bertz CT molecular complexity index is 401. The second-order valence-electron chi connectivity index (χ2n) is 6.38. The molecule has 2 bridgehead atoms. The van der Waals surface area contributed by atoms with Crippen molar-refractivity contribution in [2.24, 2.45) is 5.92 Å². The lowest BCUT2D eigenvalue weighted by Crippen LogP contribution is -2.54. The highest BCUT2D eigenvalue weighted by molar-refractivity contribution is 5.15. The Morgan fingerprint density at radius 3 is 2.78 bits per heavy atom. The first-order chi connectivity index (χ1) is 8.68. The minimum absolute atomic E-state index is 0.456. The third kappa shape index (κ3) is 2.19. The molecule has 1 saturated carbocycles. The first-order valence-electron chi connectivity index (χ1n) is 7.12. The van der Waals surface area contributed by atoms with Gasteiger partial charge in [-0.15, -0.1) is 0 Å². The molecule has 18 heavy (non-hydrogen) atoms. The molecule has 3 rings (SSSR count).